The van der Waals surface area contributed by atoms with E-state index in [1.165, 1.54) is 24.4 Å². The van der Waals surface area contributed by atoms with Gasteiger partial charge in [-0.15, -0.1) is 0 Å². The maximum absolute atomic E-state index is 12.1. The molecule has 3 rings (SSSR count). The molecule has 138 valence electrons. The van der Waals surface area contributed by atoms with Crippen molar-refractivity contribution < 1.29 is 9.90 Å². The smallest absolute Gasteiger partial charge is 0.271 e. The summed E-state index contributed by atoms with van der Waals surface area (Å²) in [5.74, 6) is 5.62. The standard InChI is InChI=1S/C22H14Cl2N2O2/c23-19-9-6-15(7-10-19)4-5-16-2-1-3-17(12-16)14-25-26-22(28)18-8-11-21(27)20(24)13-18/h1-3,6-14,27H,(H,26,28). The van der Waals surface area contributed by atoms with Crippen LogP contribution in [-0.2, 0) is 0 Å². The molecule has 0 fully saturated rings. The van der Waals surface area contributed by atoms with Gasteiger partial charge in [0, 0.05) is 21.7 Å². The Labute approximate surface area is 172 Å². The number of hydrogen-bond donors (Lipinski definition) is 2. The van der Waals surface area contributed by atoms with Crippen LogP contribution in [0.25, 0.3) is 0 Å². The first-order valence-electron chi connectivity index (χ1n) is 8.21. The average molecular weight is 409 g/mol. The lowest BCUT2D eigenvalue weighted by molar-refractivity contribution is 0.0955. The first-order valence-corrected chi connectivity index (χ1v) is 8.96. The molecule has 28 heavy (non-hydrogen) atoms. The monoisotopic (exact) mass is 408 g/mol. The molecule has 0 spiro atoms. The van der Waals surface area contributed by atoms with Crippen LogP contribution < -0.4 is 5.43 Å². The van der Waals surface area contributed by atoms with Gasteiger partial charge in [-0.25, -0.2) is 5.43 Å². The molecule has 1 amide bonds. The zero-order valence-electron chi connectivity index (χ0n) is 14.5. The minimum absolute atomic E-state index is 0.0850. The van der Waals surface area contributed by atoms with Gasteiger partial charge in [0.25, 0.3) is 5.91 Å². The molecule has 6 heteroatoms. The number of carbonyl (C=O) groups excluding carboxylic acids is 1. The largest absolute Gasteiger partial charge is 0.506 e. The van der Waals surface area contributed by atoms with Gasteiger partial charge in [-0.05, 0) is 60.2 Å². The highest BCUT2D eigenvalue weighted by molar-refractivity contribution is 6.32. The lowest BCUT2D eigenvalue weighted by Crippen LogP contribution is -2.17. The number of hydrazone groups is 1. The summed E-state index contributed by atoms with van der Waals surface area (Å²) < 4.78 is 0. The van der Waals surface area contributed by atoms with E-state index < -0.39 is 5.91 Å². The quantitative estimate of drug-likeness (QED) is 0.369. The predicted octanol–water partition coefficient (Wildman–Crippen LogP) is 4.86. The number of amides is 1. The number of rotatable bonds is 3. The lowest BCUT2D eigenvalue weighted by Gasteiger charge is -2.02. The maximum atomic E-state index is 12.1. The van der Waals surface area contributed by atoms with E-state index in [2.05, 4.69) is 22.4 Å². The summed E-state index contributed by atoms with van der Waals surface area (Å²) in [6.45, 7) is 0. The average Bonchev–Trinajstić information content (AvgIpc) is 2.70. The van der Waals surface area contributed by atoms with Crippen molar-refractivity contribution in [3.8, 4) is 17.6 Å². The summed E-state index contributed by atoms with van der Waals surface area (Å²) in [5.41, 5.74) is 5.18. The van der Waals surface area contributed by atoms with Gasteiger partial charge >= 0.3 is 0 Å². The summed E-state index contributed by atoms with van der Waals surface area (Å²) in [7, 11) is 0. The number of phenolic OH excluding ortho intramolecular Hbond substituents is 1. The van der Waals surface area contributed by atoms with Crippen molar-refractivity contribution in [1.29, 1.82) is 0 Å². The Balaban J connectivity index is 1.66. The fourth-order valence-electron chi connectivity index (χ4n) is 2.25. The molecular weight excluding hydrogens is 395 g/mol. The van der Waals surface area contributed by atoms with Gasteiger partial charge < -0.3 is 5.11 Å². The van der Waals surface area contributed by atoms with E-state index in [0.29, 0.717) is 10.6 Å². The minimum atomic E-state index is -0.433. The third kappa shape index (κ3) is 5.37. The van der Waals surface area contributed by atoms with E-state index in [4.69, 9.17) is 23.2 Å². The molecule has 0 aliphatic rings. The Bertz CT molecular complexity index is 1100. The summed E-state index contributed by atoms with van der Waals surface area (Å²) in [5, 5.41) is 14.1. The second-order valence-corrected chi connectivity index (χ2v) is 6.59. The molecule has 0 aliphatic carbocycles. The summed E-state index contributed by atoms with van der Waals surface area (Å²) >= 11 is 11.7. The number of halogens is 2. The van der Waals surface area contributed by atoms with Crippen LogP contribution in [-0.4, -0.2) is 17.2 Å². The number of hydrogen-bond acceptors (Lipinski definition) is 3. The number of nitrogens with zero attached hydrogens (tertiary/aromatic N) is 1. The van der Waals surface area contributed by atoms with Crippen molar-refractivity contribution in [3.05, 3.63) is 99.0 Å². The predicted molar refractivity (Wildman–Crippen MR) is 112 cm³/mol. The molecule has 0 heterocycles. The van der Waals surface area contributed by atoms with Crippen molar-refractivity contribution >= 4 is 35.3 Å². The fourth-order valence-corrected chi connectivity index (χ4v) is 2.56. The van der Waals surface area contributed by atoms with Crippen molar-refractivity contribution in [2.24, 2.45) is 5.10 Å². The highest BCUT2D eigenvalue weighted by atomic mass is 35.5. The van der Waals surface area contributed by atoms with E-state index in [-0.39, 0.29) is 10.8 Å². The Morgan fingerprint density at radius 3 is 2.46 bits per heavy atom. The van der Waals surface area contributed by atoms with E-state index in [9.17, 15) is 9.90 Å². The van der Waals surface area contributed by atoms with E-state index in [0.717, 1.165) is 16.7 Å². The first kappa shape index (κ1) is 19.5. The van der Waals surface area contributed by atoms with Gasteiger partial charge in [0.1, 0.15) is 5.75 Å². The zero-order chi connectivity index (χ0) is 19.9. The highest BCUT2D eigenvalue weighted by Gasteiger charge is 2.07. The maximum Gasteiger partial charge on any atom is 0.271 e. The molecule has 0 saturated heterocycles. The second kappa shape index (κ2) is 9.09. The molecule has 0 atom stereocenters. The molecule has 0 aliphatic heterocycles. The normalized spacial score (nSPS) is 10.4. The van der Waals surface area contributed by atoms with Crippen molar-refractivity contribution in [2.45, 2.75) is 0 Å². The van der Waals surface area contributed by atoms with Gasteiger partial charge in [0.05, 0.1) is 11.2 Å². The van der Waals surface area contributed by atoms with Crippen LogP contribution in [0.5, 0.6) is 5.75 Å². The van der Waals surface area contributed by atoms with Gasteiger partial charge in [0.2, 0.25) is 0 Å². The van der Waals surface area contributed by atoms with Crippen LogP contribution in [0, 0.1) is 11.8 Å². The van der Waals surface area contributed by atoms with Crippen molar-refractivity contribution in [3.63, 3.8) is 0 Å². The molecule has 0 unspecified atom stereocenters. The topological polar surface area (TPSA) is 61.7 Å². The van der Waals surface area contributed by atoms with Crippen LogP contribution >= 0.6 is 23.2 Å². The molecule has 0 aromatic heterocycles. The third-order valence-electron chi connectivity index (χ3n) is 3.67. The van der Waals surface area contributed by atoms with Crippen LogP contribution in [0.15, 0.2) is 71.8 Å². The van der Waals surface area contributed by atoms with Crippen LogP contribution in [0.2, 0.25) is 10.0 Å². The summed E-state index contributed by atoms with van der Waals surface area (Å²) in [4.78, 5) is 12.1. The van der Waals surface area contributed by atoms with Gasteiger partial charge in [-0.1, -0.05) is 47.2 Å². The Morgan fingerprint density at radius 2 is 1.71 bits per heavy atom. The summed E-state index contributed by atoms with van der Waals surface area (Å²) in [6.07, 6.45) is 1.52. The van der Waals surface area contributed by atoms with Gasteiger partial charge in [0.15, 0.2) is 0 Å². The SMILES string of the molecule is O=C(NN=Cc1cccc(C#Cc2ccc(Cl)cc2)c1)c1ccc(O)c(Cl)c1. The van der Waals surface area contributed by atoms with Crippen LogP contribution in [0.3, 0.4) is 0 Å². The number of nitrogens with one attached hydrogen (secondary N) is 1. The number of benzene rings is 3. The van der Waals surface area contributed by atoms with E-state index in [1.807, 2.05) is 36.4 Å². The zero-order valence-corrected chi connectivity index (χ0v) is 16.0. The van der Waals surface area contributed by atoms with E-state index in [1.54, 1.807) is 12.1 Å². The Morgan fingerprint density at radius 1 is 0.964 bits per heavy atom. The highest BCUT2D eigenvalue weighted by Crippen LogP contribution is 2.23. The number of carbonyl (C=O) groups is 1. The molecule has 3 aromatic carbocycles. The molecule has 4 nitrogen and oxygen atoms in total. The van der Waals surface area contributed by atoms with Crippen LogP contribution in [0.4, 0.5) is 0 Å². The molecule has 0 radical (unpaired) electrons. The van der Waals surface area contributed by atoms with Gasteiger partial charge in [-0.2, -0.15) is 5.10 Å². The summed E-state index contributed by atoms with van der Waals surface area (Å²) in [6, 6.07) is 18.9. The number of aromatic hydroxyl groups is 1. The number of phenols is 1. The van der Waals surface area contributed by atoms with Crippen molar-refractivity contribution in [2.75, 3.05) is 0 Å². The molecule has 2 N–H and O–H groups in total. The Kier molecular flexibility index (Phi) is 6.33. The van der Waals surface area contributed by atoms with Gasteiger partial charge in [-0.3, -0.25) is 4.79 Å². The Hall–Kier alpha value is -3.26. The first-order chi connectivity index (χ1) is 13.5. The molecule has 0 saturated carbocycles. The molecule has 0 bridgehead atoms. The third-order valence-corrected chi connectivity index (χ3v) is 4.23. The lowest BCUT2D eigenvalue weighted by atomic mass is 10.1. The van der Waals surface area contributed by atoms with Crippen molar-refractivity contribution in [1.82, 2.24) is 5.43 Å². The second-order valence-electron chi connectivity index (χ2n) is 5.75. The van der Waals surface area contributed by atoms with Crippen LogP contribution in [0.1, 0.15) is 27.0 Å². The minimum Gasteiger partial charge on any atom is -0.506 e. The molecule has 3 aromatic rings. The fraction of sp³-hybridized carbons (Fsp3) is 0. The van der Waals surface area contributed by atoms with E-state index >= 15 is 0 Å². The molecular formula is C22H14Cl2N2O2.